The maximum absolute atomic E-state index is 6.20. The number of H-pyrrole nitrogens is 1. The predicted octanol–water partition coefficient (Wildman–Crippen LogP) is 3.78. The molecule has 0 fully saturated rings. The number of aromatic nitrogens is 3. The van der Waals surface area contributed by atoms with E-state index in [1.807, 2.05) is 37.4 Å². The average molecular weight is 331 g/mol. The fourth-order valence-corrected chi connectivity index (χ4v) is 2.70. The molecule has 2 heterocycles. The van der Waals surface area contributed by atoms with Crippen LogP contribution in [0.1, 0.15) is 30.1 Å². The number of ether oxygens (including phenoxy) is 1. The van der Waals surface area contributed by atoms with Crippen molar-refractivity contribution < 1.29 is 4.74 Å². The fourth-order valence-electron chi connectivity index (χ4n) is 2.56. The van der Waals surface area contributed by atoms with E-state index >= 15 is 0 Å². The number of aryl methyl sites for hydroxylation is 1. The van der Waals surface area contributed by atoms with Crippen LogP contribution in [0.5, 0.6) is 5.75 Å². The highest BCUT2D eigenvalue weighted by Gasteiger charge is 2.12. The van der Waals surface area contributed by atoms with Crippen molar-refractivity contribution >= 4 is 22.5 Å². The molecule has 0 saturated heterocycles. The van der Waals surface area contributed by atoms with Crippen LogP contribution in [0.2, 0.25) is 5.28 Å². The van der Waals surface area contributed by atoms with Gasteiger partial charge in [0.15, 0.2) is 0 Å². The van der Waals surface area contributed by atoms with Gasteiger partial charge in [-0.2, -0.15) is 0 Å². The summed E-state index contributed by atoms with van der Waals surface area (Å²) in [7, 11) is 0. The Labute approximate surface area is 139 Å². The highest BCUT2D eigenvalue weighted by atomic mass is 35.5. The summed E-state index contributed by atoms with van der Waals surface area (Å²) in [6, 6.07) is 7.88. The Kier molecular flexibility index (Phi) is 4.79. The molecule has 3 N–H and O–H groups in total. The first kappa shape index (κ1) is 15.8. The van der Waals surface area contributed by atoms with E-state index in [0.717, 1.165) is 40.8 Å². The molecule has 0 saturated carbocycles. The molecule has 1 atom stereocenters. The van der Waals surface area contributed by atoms with Crippen LogP contribution >= 0.6 is 11.6 Å². The average Bonchev–Trinajstić information content (AvgIpc) is 3.01. The van der Waals surface area contributed by atoms with E-state index in [2.05, 4.69) is 15.0 Å². The molecule has 1 aromatic carbocycles. The third kappa shape index (κ3) is 3.81. The van der Waals surface area contributed by atoms with E-state index in [4.69, 9.17) is 22.1 Å². The molecule has 3 rings (SSSR count). The summed E-state index contributed by atoms with van der Waals surface area (Å²) in [6.45, 7) is 2.55. The highest BCUT2D eigenvalue weighted by Crippen LogP contribution is 2.21. The van der Waals surface area contributed by atoms with Gasteiger partial charge in [0, 0.05) is 29.3 Å². The van der Waals surface area contributed by atoms with Gasteiger partial charge in [-0.3, -0.25) is 0 Å². The molecule has 6 heteroatoms. The minimum absolute atomic E-state index is 0.161. The van der Waals surface area contributed by atoms with Gasteiger partial charge < -0.3 is 15.5 Å². The molecule has 120 valence electrons. The molecule has 0 spiro atoms. The lowest BCUT2D eigenvalue weighted by atomic mass is 10.1. The van der Waals surface area contributed by atoms with Gasteiger partial charge in [0.05, 0.1) is 12.3 Å². The van der Waals surface area contributed by atoms with Crippen molar-refractivity contribution in [3.8, 4) is 5.75 Å². The Hall–Kier alpha value is -2.11. The molecule has 0 bridgehead atoms. The molecular formula is C17H19ClN4O. The lowest BCUT2D eigenvalue weighted by Gasteiger charge is -2.14. The van der Waals surface area contributed by atoms with E-state index in [1.165, 1.54) is 0 Å². The Morgan fingerprint density at radius 1 is 1.35 bits per heavy atom. The number of nitrogens with two attached hydrogens (primary N) is 1. The second kappa shape index (κ2) is 6.98. The molecule has 23 heavy (non-hydrogen) atoms. The van der Waals surface area contributed by atoms with Gasteiger partial charge in [0.2, 0.25) is 5.28 Å². The van der Waals surface area contributed by atoms with Gasteiger partial charge in [-0.25, -0.2) is 9.97 Å². The molecule has 3 aromatic rings. The lowest BCUT2D eigenvalue weighted by molar-refractivity contribution is 0.301. The monoisotopic (exact) mass is 330 g/mol. The summed E-state index contributed by atoms with van der Waals surface area (Å²) in [5.41, 5.74) is 9.07. The number of nitrogens with one attached hydrogen (secondary N) is 1. The molecule has 1 unspecified atom stereocenters. The van der Waals surface area contributed by atoms with Crippen LogP contribution in [0.25, 0.3) is 10.9 Å². The van der Waals surface area contributed by atoms with Crippen LogP contribution in [-0.2, 0) is 0 Å². The predicted molar refractivity (Wildman–Crippen MR) is 91.7 cm³/mol. The number of fused-ring (bicyclic) bond motifs is 1. The number of rotatable bonds is 6. The minimum atomic E-state index is -0.161. The van der Waals surface area contributed by atoms with Gasteiger partial charge in [-0.1, -0.05) is 0 Å². The van der Waals surface area contributed by atoms with Gasteiger partial charge in [0.25, 0.3) is 0 Å². The topological polar surface area (TPSA) is 76.8 Å². The molecule has 5 nitrogen and oxygen atoms in total. The zero-order valence-corrected chi connectivity index (χ0v) is 13.7. The summed E-state index contributed by atoms with van der Waals surface area (Å²) in [4.78, 5) is 11.3. The SMILES string of the molecule is Cc1cnc(Cl)nc1C(N)CCCOc1ccc2[nH]ccc2c1. The number of halogens is 1. The Bertz CT molecular complexity index is 802. The maximum Gasteiger partial charge on any atom is 0.222 e. The lowest BCUT2D eigenvalue weighted by Crippen LogP contribution is -2.15. The van der Waals surface area contributed by atoms with Crippen LogP contribution in [0.15, 0.2) is 36.7 Å². The van der Waals surface area contributed by atoms with Gasteiger partial charge >= 0.3 is 0 Å². The van der Waals surface area contributed by atoms with Crippen molar-refractivity contribution in [1.29, 1.82) is 0 Å². The summed E-state index contributed by atoms with van der Waals surface area (Å²) >= 11 is 5.84. The van der Waals surface area contributed by atoms with Crippen molar-refractivity contribution in [1.82, 2.24) is 15.0 Å². The van der Waals surface area contributed by atoms with Crippen LogP contribution in [0.3, 0.4) is 0 Å². The van der Waals surface area contributed by atoms with Crippen molar-refractivity contribution in [3.63, 3.8) is 0 Å². The largest absolute Gasteiger partial charge is 0.494 e. The van der Waals surface area contributed by atoms with E-state index in [-0.39, 0.29) is 11.3 Å². The highest BCUT2D eigenvalue weighted by molar-refractivity contribution is 6.28. The minimum Gasteiger partial charge on any atom is -0.494 e. The molecular weight excluding hydrogens is 312 g/mol. The van der Waals surface area contributed by atoms with E-state index < -0.39 is 0 Å². The van der Waals surface area contributed by atoms with Gasteiger partial charge in [-0.15, -0.1) is 0 Å². The Morgan fingerprint density at radius 2 is 2.22 bits per heavy atom. The summed E-state index contributed by atoms with van der Waals surface area (Å²) in [6.07, 6.45) is 5.24. The first-order chi connectivity index (χ1) is 11.1. The second-order valence-corrected chi connectivity index (χ2v) is 5.87. The van der Waals surface area contributed by atoms with Crippen molar-refractivity contribution in [2.45, 2.75) is 25.8 Å². The number of hydrogen-bond acceptors (Lipinski definition) is 4. The van der Waals surface area contributed by atoms with Crippen LogP contribution in [-0.4, -0.2) is 21.6 Å². The van der Waals surface area contributed by atoms with Crippen molar-refractivity contribution in [3.05, 3.63) is 53.2 Å². The molecule has 2 aromatic heterocycles. The third-order valence-corrected chi connectivity index (χ3v) is 3.97. The zero-order chi connectivity index (χ0) is 16.2. The number of hydrogen-bond donors (Lipinski definition) is 2. The summed E-state index contributed by atoms with van der Waals surface area (Å²) < 4.78 is 5.80. The maximum atomic E-state index is 6.20. The fraction of sp³-hybridized carbons (Fsp3) is 0.294. The first-order valence-electron chi connectivity index (χ1n) is 7.58. The Balaban J connectivity index is 1.51. The number of aromatic amines is 1. The van der Waals surface area contributed by atoms with Crippen molar-refractivity contribution in [2.24, 2.45) is 5.73 Å². The van der Waals surface area contributed by atoms with Crippen molar-refractivity contribution in [2.75, 3.05) is 6.61 Å². The quantitative estimate of drug-likeness (QED) is 0.532. The van der Waals surface area contributed by atoms with Gasteiger partial charge in [-0.05, 0) is 61.2 Å². The molecule has 0 aliphatic heterocycles. The van der Waals surface area contributed by atoms with Crippen LogP contribution in [0.4, 0.5) is 0 Å². The smallest absolute Gasteiger partial charge is 0.222 e. The molecule has 0 amide bonds. The van der Waals surface area contributed by atoms with Crippen LogP contribution in [0, 0.1) is 6.92 Å². The standard InChI is InChI=1S/C17H19ClN4O/c1-11-10-21-17(18)22-16(11)14(19)3-2-8-23-13-4-5-15-12(9-13)6-7-20-15/h4-7,9-10,14,20H,2-3,8,19H2,1H3. The molecule has 0 aliphatic rings. The van der Waals surface area contributed by atoms with E-state index in [1.54, 1.807) is 6.20 Å². The summed E-state index contributed by atoms with van der Waals surface area (Å²) in [5.74, 6) is 0.868. The molecule has 0 radical (unpaired) electrons. The first-order valence-corrected chi connectivity index (χ1v) is 7.96. The third-order valence-electron chi connectivity index (χ3n) is 3.79. The van der Waals surface area contributed by atoms with E-state index in [0.29, 0.717) is 6.61 Å². The molecule has 0 aliphatic carbocycles. The second-order valence-electron chi connectivity index (χ2n) is 5.53. The van der Waals surface area contributed by atoms with Crippen LogP contribution < -0.4 is 10.5 Å². The normalized spacial score (nSPS) is 12.5. The Morgan fingerprint density at radius 3 is 3.09 bits per heavy atom. The number of nitrogens with zero attached hydrogens (tertiary/aromatic N) is 2. The summed E-state index contributed by atoms with van der Waals surface area (Å²) in [5, 5.41) is 1.38. The number of benzene rings is 1. The zero-order valence-electron chi connectivity index (χ0n) is 12.9. The van der Waals surface area contributed by atoms with Gasteiger partial charge in [0.1, 0.15) is 5.75 Å². The van der Waals surface area contributed by atoms with E-state index in [9.17, 15) is 0 Å².